The highest BCUT2D eigenvalue weighted by molar-refractivity contribution is 5.49. The number of hydrogen-bond acceptors (Lipinski definition) is 2. The maximum Gasteiger partial charge on any atom is 0.129 e. The number of benzene rings is 2. The van der Waals surface area contributed by atoms with Gasteiger partial charge in [0, 0.05) is 18.3 Å². The maximum absolute atomic E-state index is 5.73. The minimum Gasteiger partial charge on any atom is -0.457 e. The zero-order valence-corrected chi connectivity index (χ0v) is 9.60. The smallest absolute Gasteiger partial charge is 0.129 e. The van der Waals surface area contributed by atoms with Crippen LogP contribution in [0.1, 0.15) is 0 Å². The van der Waals surface area contributed by atoms with E-state index >= 15 is 0 Å². The van der Waals surface area contributed by atoms with E-state index in [0.717, 1.165) is 23.7 Å². The summed E-state index contributed by atoms with van der Waals surface area (Å²) >= 11 is 0. The summed E-state index contributed by atoms with van der Waals surface area (Å²) in [6.45, 7) is 4.42. The van der Waals surface area contributed by atoms with Crippen molar-refractivity contribution < 1.29 is 4.74 Å². The number of hydrogen-bond donors (Lipinski definition) is 1. The Morgan fingerprint density at radius 2 is 1.76 bits per heavy atom. The second kappa shape index (κ2) is 5.75. The summed E-state index contributed by atoms with van der Waals surface area (Å²) < 4.78 is 5.73. The van der Waals surface area contributed by atoms with Crippen molar-refractivity contribution in [2.75, 3.05) is 11.9 Å². The molecule has 0 saturated carbocycles. The molecule has 1 N–H and O–H groups in total. The van der Waals surface area contributed by atoms with Crippen molar-refractivity contribution in [2.45, 2.75) is 0 Å². The van der Waals surface area contributed by atoms with Gasteiger partial charge in [-0.3, -0.25) is 0 Å². The molecule has 0 spiro atoms. The molecule has 0 saturated heterocycles. The molecule has 17 heavy (non-hydrogen) atoms. The summed E-state index contributed by atoms with van der Waals surface area (Å²) in [5.41, 5.74) is 1.03. The van der Waals surface area contributed by atoms with E-state index in [0.29, 0.717) is 0 Å². The van der Waals surface area contributed by atoms with Crippen LogP contribution in [0, 0.1) is 0 Å². The molecule has 2 rings (SSSR count). The van der Waals surface area contributed by atoms with Crippen molar-refractivity contribution in [3.63, 3.8) is 0 Å². The van der Waals surface area contributed by atoms with E-state index < -0.39 is 0 Å². The third-order valence-electron chi connectivity index (χ3n) is 2.26. The fourth-order valence-electron chi connectivity index (χ4n) is 1.48. The Morgan fingerprint density at radius 1 is 1.00 bits per heavy atom. The Hall–Kier alpha value is -2.22. The lowest BCUT2D eigenvalue weighted by Crippen LogP contribution is -1.97. The van der Waals surface area contributed by atoms with E-state index in [2.05, 4.69) is 11.9 Å². The first-order valence-corrected chi connectivity index (χ1v) is 5.56. The number of para-hydroxylation sites is 1. The Morgan fingerprint density at radius 3 is 2.53 bits per heavy atom. The molecule has 0 aliphatic heterocycles. The van der Waals surface area contributed by atoms with E-state index in [9.17, 15) is 0 Å². The molecule has 2 aromatic carbocycles. The molecule has 0 heterocycles. The number of nitrogens with one attached hydrogen (secondary N) is 1. The highest BCUT2D eigenvalue weighted by atomic mass is 16.5. The van der Waals surface area contributed by atoms with Crippen molar-refractivity contribution in [2.24, 2.45) is 0 Å². The van der Waals surface area contributed by atoms with Crippen LogP contribution in [-0.4, -0.2) is 6.54 Å². The first kappa shape index (κ1) is 11.3. The number of anilines is 1. The normalized spacial score (nSPS) is 9.65. The highest BCUT2D eigenvalue weighted by Gasteiger charge is 1.97. The van der Waals surface area contributed by atoms with Crippen molar-refractivity contribution in [1.29, 1.82) is 0 Å². The van der Waals surface area contributed by atoms with Gasteiger partial charge >= 0.3 is 0 Å². The van der Waals surface area contributed by atoms with Gasteiger partial charge < -0.3 is 10.1 Å². The fraction of sp³-hybridized carbons (Fsp3) is 0.0667. The van der Waals surface area contributed by atoms with Crippen LogP contribution in [0.4, 0.5) is 5.69 Å². The summed E-state index contributed by atoms with van der Waals surface area (Å²) in [5.74, 6) is 1.67. The summed E-state index contributed by atoms with van der Waals surface area (Å²) in [5, 5.41) is 3.22. The first-order valence-electron chi connectivity index (χ1n) is 5.56. The van der Waals surface area contributed by atoms with Gasteiger partial charge in [0.05, 0.1) is 0 Å². The maximum atomic E-state index is 5.73. The molecule has 2 aromatic rings. The molecule has 2 nitrogen and oxygen atoms in total. The monoisotopic (exact) mass is 225 g/mol. The lowest BCUT2D eigenvalue weighted by Gasteiger charge is -2.08. The summed E-state index contributed by atoms with van der Waals surface area (Å²) in [7, 11) is 0. The van der Waals surface area contributed by atoms with E-state index in [1.165, 1.54) is 0 Å². The highest BCUT2D eigenvalue weighted by Crippen LogP contribution is 2.23. The Kier molecular flexibility index (Phi) is 3.81. The minimum absolute atomic E-state index is 0.745. The lowest BCUT2D eigenvalue weighted by atomic mass is 10.3. The van der Waals surface area contributed by atoms with Gasteiger partial charge in [0.15, 0.2) is 0 Å². The van der Waals surface area contributed by atoms with Crippen LogP contribution < -0.4 is 10.1 Å². The topological polar surface area (TPSA) is 21.3 Å². The molecule has 0 aromatic heterocycles. The molecule has 0 radical (unpaired) electrons. The molecule has 0 aliphatic carbocycles. The average Bonchev–Trinajstić information content (AvgIpc) is 2.38. The van der Waals surface area contributed by atoms with Crippen LogP contribution in [0.15, 0.2) is 67.3 Å². The van der Waals surface area contributed by atoms with E-state index in [1.54, 1.807) is 0 Å². The molecule has 0 bridgehead atoms. The van der Waals surface area contributed by atoms with Crippen LogP contribution >= 0.6 is 0 Å². The van der Waals surface area contributed by atoms with Crippen LogP contribution in [-0.2, 0) is 0 Å². The Balaban J connectivity index is 2.08. The lowest BCUT2D eigenvalue weighted by molar-refractivity contribution is 0.483. The SMILES string of the molecule is C=CCNc1cccc(Oc2ccccc2)c1. The second-order valence-corrected chi connectivity index (χ2v) is 3.61. The largest absolute Gasteiger partial charge is 0.457 e. The molecule has 0 fully saturated rings. The molecular weight excluding hydrogens is 210 g/mol. The third kappa shape index (κ3) is 3.38. The van der Waals surface area contributed by atoms with Crippen LogP contribution in [0.2, 0.25) is 0 Å². The number of rotatable bonds is 5. The van der Waals surface area contributed by atoms with Crippen molar-refractivity contribution in [1.82, 2.24) is 0 Å². The van der Waals surface area contributed by atoms with Crippen molar-refractivity contribution in [3.05, 3.63) is 67.3 Å². The molecule has 0 unspecified atom stereocenters. The quantitative estimate of drug-likeness (QED) is 0.774. The number of ether oxygens (including phenoxy) is 1. The van der Waals surface area contributed by atoms with Gasteiger partial charge in [0.2, 0.25) is 0 Å². The molecular formula is C15H15NO. The zero-order valence-electron chi connectivity index (χ0n) is 9.60. The first-order chi connectivity index (χ1) is 8.38. The van der Waals surface area contributed by atoms with Crippen molar-refractivity contribution in [3.8, 4) is 11.5 Å². The van der Waals surface area contributed by atoms with E-state index in [-0.39, 0.29) is 0 Å². The van der Waals surface area contributed by atoms with Gasteiger partial charge in [-0.1, -0.05) is 30.3 Å². The second-order valence-electron chi connectivity index (χ2n) is 3.61. The van der Waals surface area contributed by atoms with Gasteiger partial charge in [-0.15, -0.1) is 6.58 Å². The molecule has 2 heteroatoms. The standard InChI is InChI=1S/C15H15NO/c1-2-11-16-13-7-6-10-15(12-13)17-14-8-4-3-5-9-14/h2-10,12,16H,1,11H2. The average molecular weight is 225 g/mol. The zero-order chi connectivity index (χ0) is 11.9. The van der Waals surface area contributed by atoms with Gasteiger partial charge in [0.25, 0.3) is 0 Å². The Bertz CT molecular complexity index is 479. The third-order valence-corrected chi connectivity index (χ3v) is 2.26. The van der Waals surface area contributed by atoms with Crippen LogP contribution in [0.5, 0.6) is 11.5 Å². The molecule has 0 amide bonds. The molecule has 86 valence electrons. The summed E-state index contributed by atoms with van der Waals surface area (Å²) in [4.78, 5) is 0. The summed E-state index contributed by atoms with van der Waals surface area (Å²) in [6, 6.07) is 17.6. The van der Waals surface area contributed by atoms with Gasteiger partial charge in [0.1, 0.15) is 11.5 Å². The van der Waals surface area contributed by atoms with Gasteiger partial charge in [-0.2, -0.15) is 0 Å². The predicted octanol–water partition coefficient (Wildman–Crippen LogP) is 4.08. The Labute approximate surface area is 102 Å². The van der Waals surface area contributed by atoms with Crippen LogP contribution in [0.3, 0.4) is 0 Å². The molecule has 0 aliphatic rings. The van der Waals surface area contributed by atoms with E-state index in [4.69, 9.17) is 4.74 Å². The van der Waals surface area contributed by atoms with Crippen molar-refractivity contribution >= 4 is 5.69 Å². The van der Waals surface area contributed by atoms with E-state index in [1.807, 2.05) is 60.7 Å². The fourth-order valence-corrected chi connectivity index (χ4v) is 1.48. The van der Waals surface area contributed by atoms with Gasteiger partial charge in [-0.05, 0) is 24.3 Å². The molecule has 0 atom stereocenters. The summed E-state index contributed by atoms with van der Waals surface area (Å²) in [6.07, 6.45) is 1.82. The minimum atomic E-state index is 0.745. The predicted molar refractivity (Wildman–Crippen MR) is 71.6 cm³/mol. The van der Waals surface area contributed by atoms with Gasteiger partial charge in [-0.25, -0.2) is 0 Å². The van der Waals surface area contributed by atoms with Crippen LogP contribution in [0.25, 0.3) is 0 Å².